The topological polar surface area (TPSA) is 71.5 Å². The zero-order valence-corrected chi connectivity index (χ0v) is 17.3. The van der Waals surface area contributed by atoms with E-state index >= 15 is 0 Å². The molecule has 1 aliphatic heterocycles. The Bertz CT molecular complexity index is 1060. The molecule has 2 aromatic rings. The van der Waals surface area contributed by atoms with Crippen LogP contribution in [0.5, 0.6) is 0 Å². The molecule has 0 atom stereocenters. The fraction of sp³-hybridized carbons (Fsp3) is 0.222. The predicted molar refractivity (Wildman–Crippen MR) is 105 cm³/mol. The van der Waals surface area contributed by atoms with Crippen molar-refractivity contribution in [3.05, 3.63) is 64.6 Å². The van der Waals surface area contributed by atoms with E-state index in [4.69, 9.17) is 0 Å². The standard InChI is InChI=1S/C18H18BrNO4S2/c1-25(21,22)16-7-8-17(19)18(13-16)26(23,24)20-11-9-15(10-12-20)14-5-3-2-4-6-14/h2-9,13H,10-12H2,1H3. The van der Waals surface area contributed by atoms with Crippen molar-refractivity contribution < 1.29 is 16.8 Å². The van der Waals surface area contributed by atoms with Gasteiger partial charge in [0.25, 0.3) is 0 Å². The van der Waals surface area contributed by atoms with E-state index < -0.39 is 19.9 Å². The summed E-state index contributed by atoms with van der Waals surface area (Å²) in [5.41, 5.74) is 2.20. The third kappa shape index (κ3) is 3.93. The molecule has 3 rings (SSSR count). The summed E-state index contributed by atoms with van der Waals surface area (Å²) >= 11 is 3.23. The predicted octanol–water partition coefficient (Wildman–Crippen LogP) is 3.33. The molecule has 0 saturated carbocycles. The number of hydrogen-bond donors (Lipinski definition) is 0. The summed E-state index contributed by atoms with van der Waals surface area (Å²) in [6.45, 7) is 0.598. The Hall–Kier alpha value is -1.48. The number of nitrogens with zero attached hydrogens (tertiary/aromatic N) is 1. The molecule has 8 heteroatoms. The Kier molecular flexibility index (Phi) is 5.39. The van der Waals surface area contributed by atoms with E-state index in [1.165, 1.54) is 22.5 Å². The van der Waals surface area contributed by atoms with Crippen LogP contribution in [0.25, 0.3) is 5.57 Å². The van der Waals surface area contributed by atoms with Gasteiger partial charge >= 0.3 is 0 Å². The Balaban J connectivity index is 1.92. The SMILES string of the molecule is CS(=O)(=O)c1ccc(Br)c(S(=O)(=O)N2CC=C(c3ccccc3)CC2)c1. The average Bonchev–Trinajstić information content (AvgIpc) is 2.62. The molecule has 1 heterocycles. The van der Waals surface area contributed by atoms with Crippen molar-refractivity contribution in [2.75, 3.05) is 19.3 Å². The van der Waals surface area contributed by atoms with E-state index in [2.05, 4.69) is 15.9 Å². The number of rotatable bonds is 4. The molecule has 0 aromatic heterocycles. The number of benzene rings is 2. The second-order valence-electron chi connectivity index (χ2n) is 6.07. The van der Waals surface area contributed by atoms with Gasteiger partial charge in [-0.1, -0.05) is 36.4 Å². The first-order valence-electron chi connectivity index (χ1n) is 7.94. The zero-order valence-electron chi connectivity index (χ0n) is 14.1. The van der Waals surface area contributed by atoms with Crippen molar-refractivity contribution in [2.45, 2.75) is 16.2 Å². The van der Waals surface area contributed by atoms with Crippen molar-refractivity contribution >= 4 is 41.4 Å². The summed E-state index contributed by atoms with van der Waals surface area (Å²) in [6.07, 6.45) is 3.57. The zero-order chi connectivity index (χ0) is 18.9. The molecule has 26 heavy (non-hydrogen) atoms. The summed E-state index contributed by atoms with van der Waals surface area (Å²) in [5, 5.41) is 0. The first-order valence-corrected chi connectivity index (χ1v) is 12.1. The van der Waals surface area contributed by atoms with Crippen LogP contribution in [0.15, 0.2) is 68.9 Å². The lowest BCUT2D eigenvalue weighted by Gasteiger charge is -2.26. The molecule has 0 amide bonds. The highest BCUT2D eigenvalue weighted by Crippen LogP contribution is 2.30. The highest BCUT2D eigenvalue weighted by Gasteiger charge is 2.29. The van der Waals surface area contributed by atoms with Crippen LogP contribution in [0.1, 0.15) is 12.0 Å². The van der Waals surface area contributed by atoms with Crippen LogP contribution >= 0.6 is 15.9 Å². The minimum Gasteiger partial charge on any atom is -0.224 e. The molecule has 0 unspecified atom stereocenters. The third-order valence-corrected chi connectivity index (χ3v) is 8.23. The summed E-state index contributed by atoms with van der Waals surface area (Å²) < 4.78 is 51.3. The molecule has 0 saturated heterocycles. The number of sulfonamides is 1. The van der Waals surface area contributed by atoms with Crippen LogP contribution in [0.4, 0.5) is 0 Å². The maximum Gasteiger partial charge on any atom is 0.244 e. The average molecular weight is 456 g/mol. The number of halogens is 1. The van der Waals surface area contributed by atoms with Crippen molar-refractivity contribution in [2.24, 2.45) is 0 Å². The highest BCUT2D eigenvalue weighted by atomic mass is 79.9. The maximum absolute atomic E-state index is 13.0. The molecule has 1 aliphatic rings. The van der Waals surface area contributed by atoms with E-state index in [0.717, 1.165) is 17.4 Å². The minimum atomic E-state index is -3.80. The Morgan fingerprint density at radius 1 is 1.00 bits per heavy atom. The lowest BCUT2D eigenvalue weighted by Crippen LogP contribution is -2.35. The van der Waals surface area contributed by atoms with Crippen LogP contribution < -0.4 is 0 Å². The first-order chi connectivity index (χ1) is 12.2. The Morgan fingerprint density at radius 3 is 2.27 bits per heavy atom. The second-order valence-corrected chi connectivity index (χ2v) is 10.8. The van der Waals surface area contributed by atoms with E-state index in [1.807, 2.05) is 36.4 Å². The van der Waals surface area contributed by atoms with E-state index in [9.17, 15) is 16.8 Å². The highest BCUT2D eigenvalue weighted by molar-refractivity contribution is 9.10. The first kappa shape index (κ1) is 19.3. The maximum atomic E-state index is 13.0. The number of sulfone groups is 1. The van der Waals surface area contributed by atoms with Gasteiger partial charge in [0.05, 0.1) is 9.79 Å². The monoisotopic (exact) mass is 455 g/mol. The van der Waals surface area contributed by atoms with Gasteiger partial charge in [-0.2, -0.15) is 4.31 Å². The van der Waals surface area contributed by atoms with Gasteiger partial charge in [0.2, 0.25) is 10.0 Å². The molecular weight excluding hydrogens is 438 g/mol. The van der Waals surface area contributed by atoms with E-state index in [1.54, 1.807) is 0 Å². The van der Waals surface area contributed by atoms with Crippen molar-refractivity contribution in [1.82, 2.24) is 4.31 Å². The molecule has 138 valence electrons. The lowest BCUT2D eigenvalue weighted by molar-refractivity contribution is 0.440. The van der Waals surface area contributed by atoms with Crippen molar-refractivity contribution in [3.63, 3.8) is 0 Å². The molecule has 2 aromatic carbocycles. The van der Waals surface area contributed by atoms with Gasteiger partial charge in [-0.25, -0.2) is 16.8 Å². The fourth-order valence-electron chi connectivity index (χ4n) is 2.83. The fourth-order valence-corrected chi connectivity index (χ4v) is 5.89. The smallest absolute Gasteiger partial charge is 0.224 e. The van der Waals surface area contributed by atoms with E-state index in [-0.39, 0.29) is 16.3 Å². The molecule has 0 N–H and O–H groups in total. The Morgan fingerprint density at radius 2 is 1.69 bits per heavy atom. The summed E-state index contributed by atoms with van der Waals surface area (Å²) in [5.74, 6) is 0. The van der Waals surface area contributed by atoms with Gasteiger partial charge < -0.3 is 0 Å². The molecule has 0 fully saturated rings. The van der Waals surface area contributed by atoms with Crippen LogP contribution in [-0.4, -0.2) is 40.5 Å². The van der Waals surface area contributed by atoms with Gasteiger partial charge in [-0.05, 0) is 51.7 Å². The minimum absolute atomic E-state index is 0.0169. The molecule has 0 spiro atoms. The van der Waals surface area contributed by atoms with Crippen LogP contribution in [-0.2, 0) is 19.9 Å². The molecule has 0 radical (unpaired) electrons. The third-order valence-electron chi connectivity index (χ3n) is 4.27. The van der Waals surface area contributed by atoms with Gasteiger partial charge in [0.15, 0.2) is 9.84 Å². The Labute approximate surface area is 162 Å². The summed E-state index contributed by atoms with van der Waals surface area (Å²) in [4.78, 5) is -0.0474. The van der Waals surface area contributed by atoms with Gasteiger partial charge in [-0.15, -0.1) is 0 Å². The summed E-state index contributed by atoms with van der Waals surface area (Å²) in [7, 11) is -7.30. The second kappa shape index (κ2) is 7.26. The quantitative estimate of drug-likeness (QED) is 0.708. The molecule has 0 bridgehead atoms. The van der Waals surface area contributed by atoms with Crippen LogP contribution in [0.3, 0.4) is 0 Å². The summed E-state index contributed by atoms with van der Waals surface area (Å²) in [6, 6.07) is 13.9. The molecule has 0 aliphatic carbocycles. The normalized spacial score (nSPS) is 16.3. The van der Waals surface area contributed by atoms with E-state index in [0.29, 0.717) is 17.4 Å². The largest absolute Gasteiger partial charge is 0.244 e. The van der Waals surface area contributed by atoms with Crippen molar-refractivity contribution in [3.8, 4) is 0 Å². The van der Waals surface area contributed by atoms with Crippen LogP contribution in [0, 0.1) is 0 Å². The molecular formula is C18H18BrNO4S2. The van der Waals surface area contributed by atoms with Crippen LogP contribution in [0.2, 0.25) is 0 Å². The number of hydrogen-bond acceptors (Lipinski definition) is 4. The van der Waals surface area contributed by atoms with Gasteiger partial charge in [-0.3, -0.25) is 0 Å². The lowest BCUT2D eigenvalue weighted by atomic mass is 10.0. The van der Waals surface area contributed by atoms with Crippen molar-refractivity contribution in [1.29, 1.82) is 0 Å². The molecule has 5 nitrogen and oxygen atoms in total. The van der Waals surface area contributed by atoms with Gasteiger partial charge in [0.1, 0.15) is 0 Å². The van der Waals surface area contributed by atoms with Gasteiger partial charge in [0, 0.05) is 23.8 Å².